The van der Waals surface area contributed by atoms with Crippen LogP contribution < -0.4 is 5.32 Å². The lowest BCUT2D eigenvalue weighted by Crippen LogP contribution is -2.45. The lowest BCUT2D eigenvalue weighted by molar-refractivity contribution is -0.143. The molecule has 0 aromatic rings. The Kier molecular flexibility index (Phi) is 71.4. The Hall–Kier alpha value is -1.66. The Balaban J connectivity index is 3.34. The van der Waals surface area contributed by atoms with Crippen molar-refractivity contribution in [2.24, 2.45) is 0 Å². The minimum absolute atomic E-state index is 0.0132. The molecule has 83 heavy (non-hydrogen) atoms. The molecule has 492 valence electrons. The number of aliphatic hydroxyl groups excluding tert-OH is 2. The second kappa shape index (κ2) is 72.8. The molecule has 1 amide bonds. The minimum atomic E-state index is -0.842. The van der Waals surface area contributed by atoms with Gasteiger partial charge in [-0.2, -0.15) is 0 Å². The van der Waals surface area contributed by atoms with Crippen molar-refractivity contribution >= 4 is 11.9 Å². The van der Waals surface area contributed by atoms with Crippen LogP contribution in [0.5, 0.6) is 0 Å². The lowest BCUT2D eigenvalue weighted by atomic mass is 10.0. The molecule has 6 heteroatoms. The Labute approximate surface area is 520 Å². The average Bonchev–Trinajstić information content (AvgIpc) is 3.49. The Morgan fingerprint density at radius 3 is 0.855 bits per heavy atom. The lowest BCUT2D eigenvalue weighted by Gasteiger charge is -2.20. The quantitative estimate of drug-likeness (QED) is 0.0320. The van der Waals surface area contributed by atoms with Gasteiger partial charge in [0, 0.05) is 12.8 Å². The maximum absolute atomic E-state index is 12.5. The van der Waals surface area contributed by atoms with Crippen LogP contribution in [0.1, 0.15) is 431 Å². The highest BCUT2D eigenvalue weighted by molar-refractivity contribution is 5.76. The molecular weight excluding hydrogens is 1020 g/mol. The van der Waals surface area contributed by atoms with Crippen LogP contribution >= 0.6 is 0 Å². The van der Waals surface area contributed by atoms with Crippen molar-refractivity contribution in [3.05, 3.63) is 24.3 Å². The number of carbonyl (C=O) groups excluding carboxylic acids is 2. The van der Waals surface area contributed by atoms with Gasteiger partial charge in [0.1, 0.15) is 0 Å². The van der Waals surface area contributed by atoms with Crippen LogP contribution in [0.25, 0.3) is 0 Å². The topological polar surface area (TPSA) is 95.9 Å². The highest BCUT2D eigenvalue weighted by Gasteiger charge is 2.18. The van der Waals surface area contributed by atoms with Crippen LogP contribution in [-0.2, 0) is 14.3 Å². The van der Waals surface area contributed by atoms with E-state index in [0.29, 0.717) is 19.4 Å². The number of unbranched alkanes of at least 4 members (excludes halogenated alkanes) is 59. The molecule has 3 N–H and O–H groups in total. The van der Waals surface area contributed by atoms with E-state index in [1.54, 1.807) is 6.08 Å². The Morgan fingerprint density at radius 1 is 0.325 bits per heavy atom. The molecule has 0 aromatic heterocycles. The molecule has 0 fully saturated rings. The second-order valence-electron chi connectivity index (χ2n) is 26.3. The standard InChI is InChI=1S/C77H149NO5/c1-3-5-7-9-11-13-15-17-19-20-21-36-39-42-45-49-53-57-61-65-69-75(80)74(73-79)78-76(81)70-66-62-58-54-50-46-43-40-37-34-32-30-28-26-24-22-23-25-27-29-31-33-35-38-41-44-48-52-56-60-64-68-72-83-77(82)71-67-63-59-55-51-47-18-16-14-12-10-8-6-4-2/h16,18,65,69,74-75,79-80H,3-15,17,19-64,66-68,70-73H2,1-2H3,(H,78,81)/b18-16-,69-65+. The largest absolute Gasteiger partial charge is 0.466 e. The first-order valence-electron chi connectivity index (χ1n) is 38.1. The van der Waals surface area contributed by atoms with Crippen molar-refractivity contribution in [1.29, 1.82) is 0 Å². The zero-order valence-corrected chi connectivity index (χ0v) is 56.5. The van der Waals surface area contributed by atoms with Gasteiger partial charge >= 0.3 is 5.97 Å². The summed E-state index contributed by atoms with van der Waals surface area (Å²) in [7, 11) is 0. The fraction of sp³-hybridized carbons (Fsp3) is 0.922. The van der Waals surface area contributed by atoms with Gasteiger partial charge in [0.2, 0.25) is 5.91 Å². The van der Waals surface area contributed by atoms with Gasteiger partial charge in [0.25, 0.3) is 0 Å². The zero-order chi connectivity index (χ0) is 59.9. The van der Waals surface area contributed by atoms with E-state index in [9.17, 15) is 19.8 Å². The van der Waals surface area contributed by atoms with Crippen molar-refractivity contribution in [2.45, 2.75) is 443 Å². The van der Waals surface area contributed by atoms with Crippen LogP contribution in [0.2, 0.25) is 0 Å². The van der Waals surface area contributed by atoms with Crippen LogP contribution in [0.4, 0.5) is 0 Å². The van der Waals surface area contributed by atoms with E-state index in [0.717, 1.165) is 44.9 Å². The molecule has 0 aliphatic carbocycles. The van der Waals surface area contributed by atoms with E-state index >= 15 is 0 Å². The molecule has 0 aromatic carbocycles. The molecule has 2 unspecified atom stereocenters. The smallest absolute Gasteiger partial charge is 0.305 e. The minimum Gasteiger partial charge on any atom is -0.466 e. The van der Waals surface area contributed by atoms with Gasteiger partial charge in [-0.3, -0.25) is 9.59 Å². The number of rotatable bonds is 72. The van der Waals surface area contributed by atoms with Crippen LogP contribution in [0.3, 0.4) is 0 Å². The first-order chi connectivity index (χ1) is 41.0. The number of carbonyl (C=O) groups is 2. The number of amides is 1. The normalized spacial score (nSPS) is 12.6. The number of hydrogen-bond acceptors (Lipinski definition) is 5. The summed E-state index contributed by atoms with van der Waals surface area (Å²) in [6, 6.07) is -0.625. The molecule has 2 atom stereocenters. The van der Waals surface area contributed by atoms with E-state index in [1.807, 2.05) is 6.08 Å². The molecule has 0 aliphatic rings. The summed E-state index contributed by atoms with van der Waals surface area (Å²) in [5.74, 6) is -0.0459. The van der Waals surface area contributed by atoms with E-state index in [1.165, 1.54) is 360 Å². The van der Waals surface area contributed by atoms with E-state index < -0.39 is 12.1 Å². The number of allylic oxidation sites excluding steroid dienone is 3. The van der Waals surface area contributed by atoms with Gasteiger partial charge in [0.05, 0.1) is 25.4 Å². The van der Waals surface area contributed by atoms with Crippen molar-refractivity contribution in [1.82, 2.24) is 5.32 Å². The molecule has 0 rings (SSSR count). The van der Waals surface area contributed by atoms with Crippen LogP contribution in [0, 0.1) is 0 Å². The summed E-state index contributed by atoms with van der Waals surface area (Å²) in [6.07, 6.45) is 92.9. The predicted molar refractivity (Wildman–Crippen MR) is 366 cm³/mol. The SMILES string of the molecule is CCCCCCC/C=C\CCCCCCCC(=O)OCCCCCCCCCCCCCCCCCCCCCCCCCCCCCCCCCCC(=O)NC(CO)C(O)/C=C/CCCCCCCCCCCCCCCCCCCC. The zero-order valence-electron chi connectivity index (χ0n) is 56.5. The van der Waals surface area contributed by atoms with Gasteiger partial charge in [-0.15, -0.1) is 0 Å². The summed E-state index contributed by atoms with van der Waals surface area (Å²) < 4.78 is 5.49. The Bertz CT molecular complexity index is 1300. The van der Waals surface area contributed by atoms with E-state index in [4.69, 9.17) is 4.74 Å². The number of nitrogens with one attached hydrogen (secondary N) is 1. The van der Waals surface area contributed by atoms with E-state index in [-0.39, 0.29) is 18.5 Å². The Morgan fingerprint density at radius 2 is 0.566 bits per heavy atom. The number of esters is 1. The van der Waals surface area contributed by atoms with Crippen molar-refractivity contribution in [2.75, 3.05) is 13.2 Å². The summed E-state index contributed by atoms with van der Waals surface area (Å²) in [6.45, 7) is 4.94. The first-order valence-corrected chi connectivity index (χ1v) is 38.1. The van der Waals surface area contributed by atoms with E-state index in [2.05, 4.69) is 31.3 Å². The number of ether oxygens (including phenoxy) is 1. The predicted octanol–water partition coefficient (Wildman–Crippen LogP) is 24.9. The van der Waals surface area contributed by atoms with Gasteiger partial charge in [-0.1, -0.05) is 385 Å². The summed E-state index contributed by atoms with van der Waals surface area (Å²) in [5.41, 5.74) is 0. The number of hydrogen-bond donors (Lipinski definition) is 3. The molecular formula is C77H149NO5. The van der Waals surface area contributed by atoms with Crippen molar-refractivity contribution in [3.8, 4) is 0 Å². The van der Waals surface area contributed by atoms with Gasteiger partial charge in [-0.25, -0.2) is 0 Å². The monoisotopic (exact) mass is 1170 g/mol. The second-order valence-corrected chi connectivity index (χ2v) is 26.3. The fourth-order valence-electron chi connectivity index (χ4n) is 12.2. The highest BCUT2D eigenvalue weighted by Crippen LogP contribution is 2.20. The third kappa shape index (κ3) is 69.3. The molecule has 6 nitrogen and oxygen atoms in total. The fourth-order valence-corrected chi connectivity index (χ4v) is 12.2. The van der Waals surface area contributed by atoms with Gasteiger partial charge < -0.3 is 20.3 Å². The molecule has 0 radical (unpaired) electrons. The summed E-state index contributed by atoms with van der Waals surface area (Å²) in [5, 5.41) is 23.3. The van der Waals surface area contributed by atoms with Crippen molar-refractivity contribution in [3.63, 3.8) is 0 Å². The van der Waals surface area contributed by atoms with Gasteiger partial charge in [0.15, 0.2) is 0 Å². The molecule has 0 saturated heterocycles. The van der Waals surface area contributed by atoms with Crippen LogP contribution in [0.15, 0.2) is 24.3 Å². The molecule has 0 bridgehead atoms. The maximum Gasteiger partial charge on any atom is 0.305 e. The maximum atomic E-state index is 12.5. The molecule has 0 spiro atoms. The average molecular weight is 1170 g/mol. The molecule has 0 saturated carbocycles. The molecule has 0 heterocycles. The summed E-state index contributed by atoms with van der Waals surface area (Å²) >= 11 is 0. The summed E-state index contributed by atoms with van der Waals surface area (Å²) in [4.78, 5) is 24.6. The first kappa shape index (κ1) is 81.3. The van der Waals surface area contributed by atoms with Crippen LogP contribution in [-0.4, -0.2) is 47.4 Å². The van der Waals surface area contributed by atoms with Gasteiger partial charge in [-0.05, 0) is 57.8 Å². The number of aliphatic hydroxyl groups is 2. The van der Waals surface area contributed by atoms with Crippen molar-refractivity contribution < 1.29 is 24.5 Å². The third-order valence-electron chi connectivity index (χ3n) is 18.0. The molecule has 0 aliphatic heterocycles. The highest BCUT2D eigenvalue weighted by atomic mass is 16.5. The third-order valence-corrected chi connectivity index (χ3v) is 18.0.